The first-order chi connectivity index (χ1) is 5.40. The van der Waals surface area contributed by atoms with Crippen molar-refractivity contribution in [3.05, 3.63) is 0 Å². The van der Waals surface area contributed by atoms with Crippen molar-refractivity contribution in [3.63, 3.8) is 0 Å². The van der Waals surface area contributed by atoms with Gasteiger partial charge in [0, 0.05) is 12.8 Å². The summed E-state index contributed by atoms with van der Waals surface area (Å²) in [7, 11) is 0. The molecule has 0 aliphatic heterocycles. The summed E-state index contributed by atoms with van der Waals surface area (Å²) < 4.78 is 51.5. The second-order valence-electron chi connectivity index (χ2n) is 3.34. The summed E-state index contributed by atoms with van der Waals surface area (Å²) in [6.45, 7) is 1.39. The van der Waals surface area contributed by atoms with Crippen LogP contribution in [0, 0.1) is 5.92 Å². The summed E-state index contributed by atoms with van der Waals surface area (Å²) in [5, 5.41) is 0. The average molecular weight is 184 g/mol. The largest absolute Gasteiger partial charge is 0.256 e. The lowest BCUT2D eigenvalue weighted by Gasteiger charge is -2.37. The average Bonchev–Trinajstić information content (AvgIpc) is 1.83. The molecular weight excluding hydrogens is 172 g/mol. The van der Waals surface area contributed by atoms with Crippen LogP contribution in [-0.2, 0) is 0 Å². The Morgan fingerprint density at radius 3 is 1.75 bits per heavy atom. The minimum absolute atomic E-state index is 0.0729. The van der Waals surface area contributed by atoms with E-state index in [1.165, 1.54) is 6.92 Å². The Balaban J connectivity index is 2.81. The van der Waals surface area contributed by atoms with Crippen LogP contribution in [0.4, 0.5) is 17.6 Å². The molecule has 72 valence electrons. The second-order valence-corrected chi connectivity index (χ2v) is 3.34. The van der Waals surface area contributed by atoms with E-state index in [-0.39, 0.29) is 25.7 Å². The molecule has 1 rings (SSSR count). The number of hydrogen-bond acceptors (Lipinski definition) is 0. The predicted molar refractivity (Wildman–Crippen MR) is 37.5 cm³/mol. The molecule has 0 nitrogen and oxygen atoms in total. The molecule has 0 aromatic carbocycles. The standard InChI is InChI=1S/C8H12F4/c1-2-6-7(9,10)4-3-5-8(6,11)12/h6H,2-5H2,1H3. The van der Waals surface area contributed by atoms with Gasteiger partial charge in [0.1, 0.15) is 0 Å². The van der Waals surface area contributed by atoms with Gasteiger partial charge in [0.25, 0.3) is 11.8 Å². The number of rotatable bonds is 1. The highest BCUT2D eigenvalue weighted by atomic mass is 19.3. The maximum atomic E-state index is 12.9. The van der Waals surface area contributed by atoms with Gasteiger partial charge in [0.2, 0.25) is 0 Å². The van der Waals surface area contributed by atoms with Gasteiger partial charge in [-0.15, -0.1) is 0 Å². The zero-order valence-electron chi connectivity index (χ0n) is 6.92. The number of alkyl halides is 4. The lowest BCUT2D eigenvalue weighted by Crippen LogP contribution is -2.45. The summed E-state index contributed by atoms with van der Waals surface area (Å²) in [6.07, 6.45) is -1.00. The third-order valence-electron chi connectivity index (χ3n) is 2.45. The molecule has 0 amide bonds. The normalized spacial score (nSPS) is 28.8. The molecule has 1 aliphatic rings. The SMILES string of the molecule is CCC1C(F)(F)CCCC1(F)F. The third kappa shape index (κ3) is 1.57. The third-order valence-corrected chi connectivity index (χ3v) is 2.45. The van der Waals surface area contributed by atoms with E-state index in [2.05, 4.69) is 0 Å². The molecule has 12 heavy (non-hydrogen) atoms. The lowest BCUT2D eigenvalue weighted by atomic mass is 9.80. The summed E-state index contributed by atoms with van der Waals surface area (Å²) in [5.41, 5.74) is 0. The van der Waals surface area contributed by atoms with Crippen LogP contribution in [0.15, 0.2) is 0 Å². The molecule has 0 N–H and O–H groups in total. The van der Waals surface area contributed by atoms with Crippen molar-refractivity contribution in [1.82, 2.24) is 0 Å². The Morgan fingerprint density at radius 2 is 1.50 bits per heavy atom. The fourth-order valence-electron chi connectivity index (χ4n) is 1.81. The quantitative estimate of drug-likeness (QED) is 0.547. The zero-order chi connectivity index (χ0) is 9.41. The highest BCUT2D eigenvalue weighted by Gasteiger charge is 2.55. The molecule has 0 aromatic rings. The molecule has 1 saturated carbocycles. The van der Waals surface area contributed by atoms with Crippen molar-refractivity contribution >= 4 is 0 Å². The van der Waals surface area contributed by atoms with Crippen molar-refractivity contribution in [2.45, 2.75) is 44.5 Å². The fourth-order valence-corrected chi connectivity index (χ4v) is 1.81. The molecule has 0 radical (unpaired) electrons. The van der Waals surface area contributed by atoms with E-state index in [1.807, 2.05) is 0 Å². The van der Waals surface area contributed by atoms with Crippen LogP contribution in [-0.4, -0.2) is 11.8 Å². The lowest BCUT2D eigenvalue weighted by molar-refractivity contribution is -0.203. The predicted octanol–water partition coefficient (Wildman–Crippen LogP) is 3.47. The van der Waals surface area contributed by atoms with Crippen molar-refractivity contribution in [3.8, 4) is 0 Å². The summed E-state index contributed by atoms with van der Waals surface area (Å²) in [5.74, 6) is -8.09. The minimum atomic E-state index is -3.17. The maximum Gasteiger partial charge on any atom is 0.256 e. The molecule has 0 aromatic heterocycles. The second kappa shape index (κ2) is 2.89. The molecule has 0 atom stereocenters. The van der Waals surface area contributed by atoms with Gasteiger partial charge in [-0.1, -0.05) is 6.92 Å². The van der Waals surface area contributed by atoms with Crippen molar-refractivity contribution in [1.29, 1.82) is 0 Å². The zero-order valence-corrected chi connectivity index (χ0v) is 6.92. The summed E-state index contributed by atoms with van der Waals surface area (Å²) in [4.78, 5) is 0. The van der Waals surface area contributed by atoms with E-state index in [9.17, 15) is 17.6 Å². The molecule has 0 bridgehead atoms. The molecule has 4 heteroatoms. The van der Waals surface area contributed by atoms with E-state index in [0.29, 0.717) is 0 Å². The van der Waals surface area contributed by atoms with Crippen molar-refractivity contribution in [2.24, 2.45) is 5.92 Å². The Morgan fingerprint density at radius 1 is 1.08 bits per heavy atom. The van der Waals surface area contributed by atoms with Gasteiger partial charge in [0.05, 0.1) is 5.92 Å². The van der Waals surface area contributed by atoms with Gasteiger partial charge < -0.3 is 0 Å². The fraction of sp³-hybridized carbons (Fsp3) is 1.00. The Labute approximate surface area is 69.0 Å². The smallest absolute Gasteiger partial charge is 0.206 e. The highest BCUT2D eigenvalue weighted by Crippen LogP contribution is 2.48. The first-order valence-electron chi connectivity index (χ1n) is 4.16. The molecule has 1 aliphatic carbocycles. The molecule has 0 saturated heterocycles. The molecule has 0 spiro atoms. The summed E-state index contributed by atoms with van der Waals surface area (Å²) in [6, 6.07) is 0. The Bertz CT molecular complexity index is 148. The van der Waals surface area contributed by atoms with Gasteiger partial charge in [-0.3, -0.25) is 0 Å². The molecule has 0 heterocycles. The van der Waals surface area contributed by atoms with Crippen molar-refractivity contribution in [2.75, 3.05) is 0 Å². The van der Waals surface area contributed by atoms with Crippen LogP contribution < -0.4 is 0 Å². The maximum absolute atomic E-state index is 12.9. The van der Waals surface area contributed by atoms with Gasteiger partial charge >= 0.3 is 0 Å². The van der Waals surface area contributed by atoms with E-state index in [0.717, 1.165) is 0 Å². The van der Waals surface area contributed by atoms with E-state index < -0.39 is 17.8 Å². The van der Waals surface area contributed by atoms with Crippen LogP contribution >= 0.6 is 0 Å². The first kappa shape index (κ1) is 9.81. The number of halogens is 4. The minimum Gasteiger partial charge on any atom is -0.206 e. The van der Waals surface area contributed by atoms with Crippen LogP contribution in [0.5, 0.6) is 0 Å². The molecule has 0 unspecified atom stereocenters. The molecular formula is C8H12F4. The van der Waals surface area contributed by atoms with Gasteiger partial charge in [-0.25, -0.2) is 17.6 Å². The van der Waals surface area contributed by atoms with Gasteiger partial charge in [-0.05, 0) is 12.8 Å². The monoisotopic (exact) mass is 184 g/mol. The Kier molecular flexibility index (Phi) is 2.36. The molecule has 1 fully saturated rings. The van der Waals surface area contributed by atoms with Crippen LogP contribution in [0.1, 0.15) is 32.6 Å². The topological polar surface area (TPSA) is 0 Å². The van der Waals surface area contributed by atoms with E-state index in [1.54, 1.807) is 0 Å². The number of hydrogen-bond donors (Lipinski definition) is 0. The van der Waals surface area contributed by atoms with Gasteiger partial charge in [0.15, 0.2) is 0 Å². The summed E-state index contributed by atoms with van der Waals surface area (Å²) >= 11 is 0. The van der Waals surface area contributed by atoms with Crippen LogP contribution in [0.25, 0.3) is 0 Å². The van der Waals surface area contributed by atoms with Gasteiger partial charge in [-0.2, -0.15) is 0 Å². The first-order valence-corrected chi connectivity index (χ1v) is 4.16. The van der Waals surface area contributed by atoms with Crippen LogP contribution in [0.3, 0.4) is 0 Å². The van der Waals surface area contributed by atoms with E-state index in [4.69, 9.17) is 0 Å². The van der Waals surface area contributed by atoms with Crippen molar-refractivity contribution < 1.29 is 17.6 Å². The van der Waals surface area contributed by atoms with Crippen LogP contribution in [0.2, 0.25) is 0 Å². The van der Waals surface area contributed by atoms with E-state index >= 15 is 0 Å². The highest BCUT2D eigenvalue weighted by molar-refractivity contribution is 4.91. The Hall–Kier alpha value is -0.280.